The Morgan fingerprint density at radius 2 is 1.95 bits per heavy atom. The van der Waals surface area contributed by atoms with Crippen molar-refractivity contribution in [3.8, 4) is 0 Å². The van der Waals surface area contributed by atoms with Crippen LogP contribution in [0.2, 0.25) is 0 Å². The lowest BCUT2D eigenvalue weighted by atomic mass is 10.1. The summed E-state index contributed by atoms with van der Waals surface area (Å²) in [6.07, 6.45) is 3.64. The third-order valence-electron chi connectivity index (χ3n) is 3.73. The minimum absolute atomic E-state index is 0.0549. The average Bonchev–Trinajstić information content (AvgIpc) is 2.97. The molecular formula is C16H16N2O2. The summed E-state index contributed by atoms with van der Waals surface area (Å²) in [5.41, 5.74) is 1.59. The van der Waals surface area contributed by atoms with Crippen LogP contribution in [0, 0.1) is 0 Å². The summed E-state index contributed by atoms with van der Waals surface area (Å²) >= 11 is 0. The maximum Gasteiger partial charge on any atom is 0.254 e. The molecular weight excluding hydrogens is 252 g/mol. The summed E-state index contributed by atoms with van der Waals surface area (Å²) in [4.78, 5) is 28.3. The van der Waals surface area contributed by atoms with Gasteiger partial charge in [-0.15, -0.1) is 0 Å². The van der Waals surface area contributed by atoms with Gasteiger partial charge < -0.3 is 9.88 Å². The fraction of sp³-hybridized carbons (Fsp3) is 0.250. The van der Waals surface area contributed by atoms with E-state index in [0.29, 0.717) is 5.56 Å². The van der Waals surface area contributed by atoms with E-state index in [4.69, 9.17) is 0 Å². The Hall–Kier alpha value is -2.36. The van der Waals surface area contributed by atoms with E-state index in [2.05, 4.69) is 4.98 Å². The van der Waals surface area contributed by atoms with E-state index < -0.39 is 0 Å². The van der Waals surface area contributed by atoms with Crippen molar-refractivity contribution in [1.29, 1.82) is 0 Å². The smallest absolute Gasteiger partial charge is 0.254 e. The quantitative estimate of drug-likeness (QED) is 0.909. The Kier molecular flexibility index (Phi) is 3.37. The Morgan fingerprint density at radius 3 is 2.65 bits per heavy atom. The van der Waals surface area contributed by atoms with E-state index in [1.807, 2.05) is 35.2 Å². The van der Waals surface area contributed by atoms with Gasteiger partial charge in [0.15, 0.2) is 0 Å². The summed E-state index contributed by atoms with van der Waals surface area (Å²) in [6, 6.07) is 12.7. The monoisotopic (exact) mass is 268 g/mol. The van der Waals surface area contributed by atoms with E-state index in [0.717, 1.165) is 24.9 Å². The van der Waals surface area contributed by atoms with Crippen LogP contribution in [0.1, 0.15) is 34.8 Å². The molecule has 1 amide bonds. The van der Waals surface area contributed by atoms with Gasteiger partial charge in [-0.2, -0.15) is 0 Å². The Bertz CT molecular complexity index is 643. The molecule has 0 saturated carbocycles. The van der Waals surface area contributed by atoms with Gasteiger partial charge in [0.05, 0.1) is 6.04 Å². The molecule has 1 atom stereocenters. The molecule has 1 fully saturated rings. The summed E-state index contributed by atoms with van der Waals surface area (Å²) in [5.74, 6) is 0.0549. The number of benzene rings is 1. The lowest BCUT2D eigenvalue weighted by Crippen LogP contribution is -2.30. The molecule has 4 heteroatoms. The predicted octanol–water partition coefficient (Wildman–Crippen LogP) is 2.35. The van der Waals surface area contributed by atoms with Crippen LogP contribution in [0.3, 0.4) is 0 Å². The van der Waals surface area contributed by atoms with Gasteiger partial charge in [-0.25, -0.2) is 0 Å². The number of pyridine rings is 1. The highest BCUT2D eigenvalue weighted by molar-refractivity contribution is 5.94. The van der Waals surface area contributed by atoms with Crippen molar-refractivity contribution in [2.24, 2.45) is 0 Å². The van der Waals surface area contributed by atoms with E-state index in [1.54, 1.807) is 12.3 Å². The first-order valence-corrected chi connectivity index (χ1v) is 6.80. The molecule has 1 aliphatic heterocycles. The molecule has 1 N–H and O–H groups in total. The highest BCUT2D eigenvalue weighted by Crippen LogP contribution is 2.32. The van der Waals surface area contributed by atoms with Crippen LogP contribution in [0.5, 0.6) is 0 Å². The molecule has 2 aromatic rings. The zero-order valence-corrected chi connectivity index (χ0v) is 11.1. The molecule has 1 aliphatic rings. The van der Waals surface area contributed by atoms with E-state index >= 15 is 0 Å². The third kappa shape index (κ3) is 2.37. The number of amides is 1. The van der Waals surface area contributed by atoms with Crippen molar-refractivity contribution in [2.45, 2.75) is 18.9 Å². The van der Waals surface area contributed by atoms with Crippen LogP contribution in [0.25, 0.3) is 0 Å². The molecule has 1 unspecified atom stereocenters. The van der Waals surface area contributed by atoms with Crippen LogP contribution >= 0.6 is 0 Å². The molecule has 20 heavy (non-hydrogen) atoms. The molecule has 3 rings (SSSR count). The number of nitrogens with zero attached hydrogens (tertiary/aromatic N) is 1. The lowest BCUT2D eigenvalue weighted by molar-refractivity contribution is 0.0735. The number of hydrogen-bond donors (Lipinski definition) is 1. The summed E-state index contributed by atoms with van der Waals surface area (Å²) in [7, 11) is 0. The van der Waals surface area contributed by atoms with Crippen LogP contribution < -0.4 is 5.56 Å². The Balaban J connectivity index is 1.87. The van der Waals surface area contributed by atoms with E-state index in [-0.39, 0.29) is 17.5 Å². The van der Waals surface area contributed by atoms with Gasteiger partial charge in [-0.05, 0) is 30.5 Å². The van der Waals surface area contributed by atoms with Crippen molar-refractivity contribution < 1.29 is 4.79 Å². The highest BCUT2D eigenvalue weighted by atomic mass is 16.2. The van der Waals surface area contributed by atoms with Crippen LogP contribution in [-0.4, -0.2) is 22.3 Å². The van der Waals surface area contributed by atoms with Crippen molar-refractivity contribution >= 4 is 5.91 Å². The number of carbonyl (C=O) groups excluding carboxylic acids is 1. The summed E-state index contributed by atoms with van der Waals surface area (Å²) in [5, 5.41) is 0. The molecule has 0 radical (unpaired) electrons. The van der Waals surface area contributed by atoms with Crippen LogP contribution in [-0.2, 0) is 0 Å². The standard InChI is InChI=1S/C16H16N2O2/c19-15-9-8-13(11-17-15)14-7-4-10-18(14)16(20)12-5-2-1-3-6-12/h1-3,5-6,8-9,11,14H,4,7,10H2,(H,17,19). The first-order chi connectivity index (χ1) is 9.75. The number of aromatic nitrogens is 1. The molecule has 0 bridgehead atoms. The lowest BCUT2D eigenvalue weighted by Gasteiger charge is -2.25. The SMILES string of the molecule is O=C(c1ccccc1)N1CCCC1c1ccc(=O)[nH]c1. The minimum atomic E-state index is -0.118. The molecule has 102 valence electrons. The first-order valence-electron chi connectivity index (χ1n) is 6.80. The largest absolute Gasteiger partial charge is 0.332 e. The van der Waals surface area contributed by atoms with Gasteiger partial charge in [-0.3, -0.25) is 9.59 Å². The number of rotatable bonds is 2. The topological polar surface area (TPSA) is 53.2 Å². The molecule has 4 nitrogen and oxygen atoms in total. The predicted molar refractivity (Wildman–Crippen MR) is 76.5 cm³/mol. The number of aromatic amines is 1. The zero-order valence-electron chi connectivity index (χ0n) is 11.1. The highest BCUT2D eigenvalue weighted by Gasteiger charge is 2.30. The number of carbonyl (C=O) groups is 1. The van der Waals surface area contributed by atoms with Gasteiger partial charge in [0.25, 0.3) is 5.91 Å². The first kappa shape index (κ1) is 12.7. The normalized spacial score (nSPS) is 18.2. The minimum Gasteiger partial charge on any atom is -0.332 e. The summed E-state index contributed by atoms with van der Waals surface area (Å²) < 4.78 is 0. The van der Waals surface area contributed by atoms with Crippen molar-refractivity contribution in [2.75, 3.05) is 6.54 Å². The van der Waals surface area contributed by atoms with Crippen LogP contribution in [0.15, 0.2) is 53.5 Å². The van der Waals surface area contributed by atoms with Gasteiger partial charge in [-0.1, -0.05) is 24.3 Å². The van der Waals surface area contributed by atoms with Gasteiger partial charge in [0, 0.05) is 24.4 Å². The number of nitrogens with one attached hydrogen (secondary N) is 1. The molecule has 1 aromatic carbocycles. The zero-order chi connectivity index (χ0) is 13.9. The van der Waals surface area contributed by atoms with Gasteiger partial charge in [0.2, 0.25) is 5.56 Å². The number of H-pyrrole nitrogens is 1. The maximum atomic E-state index is 12.6. The van der Waals surface area contributed by atoms with Gasteiger partial charge >= 0.3 is 0 Å². The number of likely N-dealkylation sites (tertiary alicyclic amines) is 1. The second-order valence-electron chi connectivity index (χ2n) is 5.01. The Morgan fingerprint density at radius 1 is 1.15 bits per heavy atom. The fourth-order valence-electron chi connectivity index (χ4n) is 2.73. The molecule has 1 aromatic heterocycles. The van der Waals surface area contributed by atoms with Crippen LogP contribution in [0.4, 0.5) is 0 Å². The molecule has 2 heterocycles. The van der Waals surface area contributed by atoms with Crippen molar-refractivity contribution in [3.05, 3.63) is 70.1 Å². The molecule has 0 spiro atoms. The molecule has 1 saturated heterocycles. The van der Waals surface area contributed by atoms with Gasteiger partial charge in [0.1, 0.15) is 0 Å². The average molecular weight is 268 g/mol. The number of hydrogen-bond acceptors (Lipinski definition) is 2. The Labute approximate surface area is 117 Å². The van der Waals surface area contributed by atoms with Crippen molar-refractivity contribution in [3.63, 3.8) is 0 Å². The van der Waals surface area contributed by atoms with Crippen molar-refractivity contribution in [1.82, 2.24) is 9.88 Å². The fourth-order valence-corrected chi connectivity index (χ4v) is 2.73. The maximum absolute atomic E-state index is 12.6. The third-order valence-corrected chi connectivity index (χ3v) is 3.73. The van der Waals surface area contributed by atoms with E-state index in [9.17, 15) is 9.59 Å². The second kappa shape index (κ2) is 5.33. The summed E-state index contributed by atoms with van der Waals surface area (Å²) in [6.45, 7) is 0.761. The second-order valence-corrected chi connectivity index (χ2v) is 5.01. The van der Waals surface area contributed by atoms with E-state index in [1.165, 1.54) is 6.07 Å². The molecule has 0 aliphatic carbocycles.